The summed E-state index contributed by atoms with van der Waals surface area (Å²) in [6.07, 6.45) is 6.87. The Bertz CT molecular complexity index is 615. The molecule has 0 atom stereocenters. The Hall–Kier alpha value is -1.75. The zero-order valence-electron chi connectivity index (χ0n) is 11.6. The summed E-state index contributed by atoms with van der Waals surface area (Å²) in [4.78, 5) is 14.9. The summed E-state index contributed by atoms with van der Waals surface area (Å²) < 4.78 is 6.75. The van der Waals surface area contributed by atoms with E-state index in [1.807, 2.05) is 24.3 Å². The van der Waals surface area contributed by atoms with Gasteiger partial charge in [0.05, 0.1) is 6.10 Å². The number of carbonyl (C=O) groups excluding carboxylic acids is 1. The van der Waals surface area contributed by atoms with Crippen molar-refractivity contribution >= 4 is 27.5 Å². The number of carbonyl (C=O) groups is 1. The molecule has 5 heteroatoms. The molecule has 1 aromatic heterocycles. The number of H-pyrrole nitrogens is 1. The third kappa shape index (κ3) is 3.67. The average Bonchev–Trinajstić information content (AvgIpc) is 3.12. The molecule has 0 radical (unpaired) electrons. The van der Waals surface area contributed by atoms with Crippen LogP contribution < -0.4 is 10.1 Å². The van der Waals surface area contributed by atoms with Crippen molar-refractivity contribution in [1.82, 2.24) is 4.98 Å². The van der Waals surface area contributed by atoms with Crippen LogP contribution in [0.1, 0.15) is 36.2 Å². The first-order valence-corrected chi connectivity index (χ1v) is 7.92. The summed E-state index contributed by atoms with van der Waals surface area (Å²) in [6.45, 7) is 0. The minimum absolute atomic E-state index is 0.162. The molecule has 1 aliphatic carbocycles. The molecule has 1 aromatic carbocycles. The fourth-order valence-corrected chi connectivity index (χ4v) is 2.86. The van der Waals surface area contributed by atoms with Crippen LogP contribution in [0.25, 0.3) is 0 Å². The molecule has 2 aromatic rings. The monoisotopic (exact) mass is 348 g/mol. The predicted octanol–water partition coefficient (Wildman–Crippen LogP) is 4.35. The first kappa shape index (κ1) is 14.2. The molecular weight excluding hydrogens is 332 g/mol. The molecule has 1 fully saturated rings. The van der Waals surface area contributed by atoms with Crippen molar-refractivity contribution in [2.75, 3.05) is 5.32 Å². The number of rotatable bonds is 4. The van der Waals surface area contributed by atoms with Crippen molar-refractivity contribution < 1.29 is 9.53 Å². The Morgan fingerprint density at radius 1 is 1.24 bits per heavy atom. The lowest BCUT2D eigenvalue weighted by Gasteiger charge is -2.13. The van der Waals surface area contributed by atoms with Crippen LogP contribution >= 0.6 is 15.9 Å². The first-order valence-electron chi connectivity index (χ1n) is 7.13. The summed E-state index contributed by atoms with van der Waals surface area (Å²) in [5.41, 5.74) is 1.28. The van der Waals surface area contributed by atoms with Crippen molar-refractivity contribution in [2.45, 2.75) is 31.8 Å². The zero-order chi connectivity index (χ0) is 14.7. The van der Waals surface area contributed by atoms with E-state index in [0.717, 1.165) is 28.8 Å². The molecule has 110 valence electrons. The second-order valence-electron chi connectivity index (χ2n) is 5.23. The molecule has 0 saturated heterocycles. The van der Waals surface area contributed by atoms with Crippen LogP contribution in [-0.2, 0) is 0 Å². The summed E-state index contributed by atoms with van der Waals surface area (Å²) in [6, 6.07) is 9.27. The number of ether oxygens (including phenoxy) is 1. The highest BCUT2D eigenvalue weighted by Crippen LogP contribution is 2.25. The van der Waals surface area contributed by atoms with E-state index in [1.54, 1.807) is 12.3 Å². The largest absolute Gasteiger partial charge is 0.490 e. The molecule has 21 heavy (non-hydrogen) atoms. The van der Waals surface area contributed by atoms with E-state index in [1.165, 1.54) is 12.8 Å². The van der Waals surface area contributed by atoms with Crippen LogP contribution in [0.3, 0.4) is 0 Å². The van der Waals surface area contributed by atoms with Crippen molar-refractivity contribution in [3.05, 3.63) is 46.7 Å². The van der Waals surface area contributed by atoms with E-state index < -0.39 is 0 Å². The van der Waals surface area contributed by atoms with Gasteiger partial charge >= 0.3 is 0 Å². The lowest BCUT2D eigenvalue weighted by molar-refractivity contribution is 0.102. The highest BCUT2D eigenvalue weighted by Gasteiger charge is 2.16. The summed E-state index contributed by atoms with van der Waals surface area (Å²) >= 11 is 3.31. The molecule has 1 aliphatic rings. The standard InChI is InChI=1S/C16H17BrN2O2/c17-11-9-15(18-10-11)16(20)19-12-5-7-14(8-6-12)21-13-3-1-2-4-13/h5-10,13,18H,1-4H2,(H,19,20). The van der Waals surface area contributed by atoms with E-state index in [0.29, 0.717) is 11.8 Å². The number of amides is 1. The van der Waals surface area contributed by atoms with Crippen LogP contribution in [0.2, 0.25) is 0 Å². The molecule has 0 spiro atoms. The van der Waals surface area contributed by atoms with Gasteiger partial charge in [-0.2, -0.15) is 0 Å². The Balaban J connectivity index is 1.60. The topological polar surface area (TPSA) is 54.1 Å². The molecule has 1 amide bonds. The Morgan fingerprint density at radius 2 is 1.95 bits per heavy atom. The Kier molecular flexibility index (Phi) is 4.29. The smallest absolute Gasteiger partial charge is 0.272 e. The predicted molar refractivity (Wildman–Crippen MR) is 85.8 cm³/mol. The number of benzene rings is 1. The molecule has 1 saturated carbocycles. The molecule has 0 aliphatic heterocycles. The number of hydrogen-bond acceptors (Lipinski definition) is 2. The van der Waals surface area contributed by atoms with Crippen LogP contribution in [0, 0.1) is 0 Å². The number of anilines is 1. The van der Waals surface area contributed by atoms with Crippen LogP contribution in [0.4, 0.5) is 5.69 Å². The fourth-order valence-electron chi connectivity index (χ4n) is 2.51. The second-order valence-corrected chi connectivity index (χ2v) is 6.15. The molecule has 2 N–H and O–H groups in total. The normalized spacial score (nSPS) is 15.1. The number of nitrogens with one attached hydrogen (secondary N) is 2. The van der Waals surface area contributed by atoms with Gasteiger partial charge in [0.15, 0.2) is 0 Å². The third-order valence-electron chi connectivity index (χ3n) is 3.61. The van der Waals surface area contributed by atoms with E-state index in [2.05, 4.69) is 26.2 Å². The maximum absolute atomic E-state index is 12.0. The van der Waals surface area contributed by atoms with Gasteiger partial charge in [-0.1, -0.05) is 0 Å². The van der Waals surface area contributed by atoms with Gasteiger partial charge in [0.2, 0.25) is 0 Å². The van der Waals surface area contributed by atoms with Crippen molar-refractivity contribution in [2.24, 2.45) is 0 Å². The van der Waals surface area contributed by atoms with Crippen molar-refractivity contribution in [3.8, 4) is 5.75 Å². The Labute approximate surface area is 132 Å². The van der Waals surface area contributed by atoms with Crippen molar-refractivity contribution in [1.29, 1.82) is 0 Å². The summed E-state index contributed by atoms with van der Waals surface area (Å²) in [5, 5.41) is 2.85. The van der Waals surface area contributed by atoms with E-state index in [-0.39, 0.29) is 5.91 Å². The van der Waals surface area contributed by atoms with E-state index in [9.17, 15) is 4.79 Å². The first-order chi connectivity index (χ1) is 10.2. The maximum atomic E-state index is 12.0. The van der Waals surface area contributed by atoms with Crippen LogP contribution in [-0.4, -0.2) is 17.0 Å². The minimum atomic E-state index is -0.162. The van der Waals surface area contributed by atoms with Gasteiger partial charge in [0.1, 0.15) is 11.4 Å². The highest BCUT2D eigenvalue weighted by atomic mass is 79.9. The van der Waals surface area contributed by atoms with Gasteiger partial charge in [0.25, 0.3) is 5.91 Å². The second kappa shape index (κ2) is 6.35. The van der Waals surface area contributed by atoms with Gasteiger partial charge in [0, 0.05) is 16.4 Å². The lowest BCUT2D eigenvalue weighted by atomic mass is 10.2. The number of aromatic nitrogens is 1. The van der Waals surface area contributed by atoms with Gasteiger partial charge < -0.3 is 15.0 Å². The van der Waals surface area contributed by atoms with E-state index >= 15 is 0 Å². The molecular formula is C16H17BrN2O2. The SMILES string of the molecule is O=C(Nc1ccc(OC2CCCC2)cc1)c1cc(Br)c[nH]1. The number of aromatic amines is 1. The zero-order valence-corrected chi connectivity index (χ0v) is 13.2. The quantitative estimate of drug-likeness (QED) is 0.862. The van der Waals surface area contributed by atoms with Gasteiger partial charge in [-0.15, -0.1) is 0 Å². The summed E-state index contributed by atoms with van der Waals surface area (Å²) in [7, 11) is 0. The maximum Gasteiger partial charge on any atom is 0.272 e. The van der Waals surface area contributed by atoms with Crippen molar-refractivity contribution in [3.63, 3.8) is 0 Å². The third-order valence-corrected chi connectivity index (χ3v) is 4.07. The molecule has 4 nitrogen and oxygen atoms in total. The van der Waals surface area contributed by atoms with Gasteiger partial charge in [-0.3, -0.25) is 4.79 Å². The van der Waals surface area contributed by atoms with Crippen LogP contribution in [0.5, 0.6) is 5.75 Å². The van der Waals surface area contributed by atoms with Crippen LogP contribution in [0.15, 0.2) is 41.0 Å². The number of halogens is 1. The molecule has 0 bridgehead atoms. The molecule has 1 heterocycles. The number of hydrogen-bond donors (Lipinski definition) is 2. The summed E-state index contributed by atoms with van der Waals surface area (Å²) in [5.74, 6) is 0.702. The lowest BCUT2D eigenvalue weighted by Crippen LogP contribution is -2.13. The molecule has 3 rings (SSSR count). The average molecular weight is 349 g/mol. The van der Waals surface area contributed by atoms with E-state index in [4.69, 9.17) is 4.74 Å². The Morgan fingerprint density at radius 3 is 2.57 bits per heavy atom. The van der Waals surface area contributed by atoms with Gasteiger partial charge in [-0.25, -0.2) is 0 Å². The fraction of sp³-hybridized carbons (Fsp3) is 0.312. The van der Waals surface area contributed by atoms with Gasteiger partial charge in [-0.05, 0) is 71.9 Å². The highest BCUT2D eigenvalue weighted by molar-refractivity contribution is 9.10. The molecule has 0 unspecified atom stereocenters. The minimum Gasteiger partial charge on any atom is -0.490 e.